The molecule has 1 heterocycles. The molecule has 19 heavy (non-hydrogen) atoms. The molecule has 1 amide bonds. The van der Waals surface area contributed by atoms with Gasteiger partial charge in [0.25, 0.3) is 5.91 Å². The highest BCUT2D eigenvalue weighted by atomic mass is 16.5. The average Bonchev–Trinajstić information content (AvgIpc) is 2.85. The van der Waals surface area contributed by atoms with Crippen LogP contribution in [0, 0.1) is 0 Å². The minimum absolute atomic E-state index is 0.0816. The molecule has 1 aliphatic rings. The summed E-state index contributed by atoms with van der Waals surface area (Å²) in [6, 6.07) is 6.04. The summed E-state index contributed by atoms with van der Waals surface area (Å²) in [5.74, 6) is 0.0816. The van der Waals surface area contributed by atoms with Gasteiger partial charge in [0.2, 0.25) is 0 Å². The molecule has 0 unspecified atom stereocenters. The highest BCUT2D eigenvalue weighted by Gasteiger charge is 2.20. The topological polar surface area (TPSA) is 55.6 Å². The van der Waals surface area contributed by atoms with Gasteiger partial charge in [0.1, 0.15) is 0 Å². The summed E-state index contributed by atoms with van der Waals surface area (Å²) in [7, 11) is 0. The molecule has 0 fully saturated rings. The van der Waals surface area contributed by atoms with Gasteiger partial charge >= 0.3 is 0 Å². The van der Waals surface area contributed by atoms with Crippen molar-refractivity contribution in [3.05, 3.63) is 34.9 Å². The van der Waals surface area contributed by atoms with Crippen LogP contribution in [-0.4, -0.2) is 29.9 Å². The first kappa shape index (κ1) is 14.0. The van der Waals surface area contributed by atoms with E-state index in [1.807, 2.05) is 36.9 Å². The number of amides is 1. The van der Waals surface area contributed by atoms with Gasteiger partial charge in [0.05, 0.1) is 13.2 Å². The Balaban J connectivity index is 2.16. The van der Waals surface area contributed by atoms with E-state index >= 15 is 0 Å². The lowest BCUT2D eigenvalue weighted by Gasteiger charge is -2.27. The first-order chi connectivity index (χ1) is 9.13. The number of benzene rings is 1. The van der Waals surface area contributed by atoms with Gasteiger partial charge in [0.15, 0.2) is 0 Å². The van der Waals surface area contributed by atoms with E-state index in [9.17, 15) is 4.79 Å². The highest BCUT2D eigenvalue weighted by Crippen LogP contribution is 2.22. The van der Waals surface area contributed by atoms with E-state index in [0.29, 0.717) is 26.3 Å². The third-order valence-electron chi connectivity index (χ3n) is 3.46. The maximum Gasteiger partial charge on any atom is 0.254 e. The van der Waals surface area contributed by atoms with Crippen LogP contribution in [0.3, 0.4) is 0 Å². The Morgan fingerprint density at radius 3 is 2.79 bits per heavy atom. The van der Waals surface area contributed by atoms with E-state index in [4.69, 9.17) is 10.5 Å². The number of nitrogens with zero attached hydrogens (tertiary/aromatic N) is 1. The van der Waals surface area contributed by atoms with Crippen LogP contribution < -0.4 is 5.73 Å². The number of nitrogens with two attached hydrogens (primary N) is 1. The maximum absolute atomic E-state index is 12.5. The van der Waals surface area contributed by atoms with Gasteiger partial charge in [-0.15, -0.1) is 0 Å². The van der Waals surface area contributed by atoms with Crippen molar-refractivity contribution in [2.75, 3.05) is 13.1 Å². The second-order valence-corrected chi connectivity index (χ2v) is 5.21. The number of hydrogen-bond acceptors (Lipinski definition) is 3. The van der Waals surface area contributed by atoms with Crippen molar-refractivity contribution < 1.29 is 9.53 Å². The van der Waals surface area contributed by atoms with Gasteiger partial charge < -0.3 is 15.4 Å². The largest absolute Gasteiger partial charge is 0.372 e. The molecule has 2 N–H and O–H groups in total. The molecule has 1 aromatic rings. The molecule has 0 radical (unpaired) electrons. The number of carbonyl (C=O) groups excluding carboxylic acids is 1. The molecule has 104 valence electrons. The van der Waals surface area contributed by atoms with Crippen molar-refractivity contribution in [1.82, 2.24) is 4.90 Å². The summed E-state index contributed by atoms with van der Waals surface area (Å²) in [5, 5.41) is 0. The predicted molar refractivity (Wildman–Crippen MR) is 74.8 cm³/mol. The molecule has 0 saturated heterocycles. The Kier molecular flexibility index (Phi) is 4.56. The van der Waals surface area contributed by atoms with Crippen LogP contribution >= 0.6 is 0 Å². The molecular weight excluding hydrogens is 240 g/mol. The van der Waals surface area contributed by atoms with E-state index in [1.165, 1.54) is 5.56 Å². The molecule has 0 saturated carbocycles. The second-order valence-electron chi connectivity index (χ2n) is 5.21. The standard InChI is InChI=1S/C15H22N2O2/c1-11(2)17(7-3-6-16)15(18)12-4-5-13-9-19-10-14(13)8-12/h4-5,8,11H,3,6-7,9-10,16H2,1-2H3. The zero-order valence-electron chi connectivity index (χ0n) is 11.7. The molecule has 0 aliphatic carbocycles. The highest BCUT2D eigenvalue weighted by molar-refractivity contribution is 5.94. The molecule has 0 bridgehead atoms. The second kappa shape index (κ2) is 6.17. The lowest BCUT2D eigenvalue weighted by molar-refractivity contribution is 0.0704. The molecule has 1 aliphatic heterocycles. The number of hydrogen-bond donors (Lipinski definition) is 1. The van der Waals surface area contributed by atoms with Crippen molar-refractivity contribution >= 4 is 5.91 Å². The van der Waals surface area contributed by atoms with Gasteiger partial charge in [-0.2, -0.15) is 0 Å². The minimum Gasteiger partial charge on any atom is -0.372 e. The van der Waals surface area contributed by atoms with Gasteiger partial charge in [-0.05, 0) is 50.1 Å². The van der Waals surface area contributed by atoms with Crippen molar-refractivity contribution in [3.8, 4) is 0 Å². The SMILES string of the molecule is CC(C)N(CCCN)C(=O)c1ccc2c(c1)COC2. The molecular formula is C15H22N2O2. The molecule has 2 rings (SSSR count). The summed E-state index contributed by atoms with van der Waals surface area (Å²) in [6.45, 7) is 6.65. The van der Waals surface area contributed by atoms with Crippen molar-refractivity contribution in [1.29, 1.82) is 0 Å². The third-order valence-corrected chi connectivity index (χ3v) is 3.46. The summed E-state index contributed by atoms with van der Waals surface area (Å²) in [4.78, 5) is 14.4. The molecule has 0 spiro atoms. The third kappa shape index (κ3) is 3.14. The monoisotopic (exact) mass is 262 g/mol. The van der Waals surface area contributed by atoms with Crippen LogP contribution in [0.4, 0.5) is 0 Å². The fourth-order valence-electron chi connectivity index (χ4n) is 2.33. The predicted octanol–water partition coefficient (Wildman–Crippen LogP) is 1.92. The number of ether oxygens (including phenoxy) is 1. The lowest BCUT2D eigenvalue weighted by atomic mass is 10.0. The molecule has 1 aromatic carbocycles. The van der Waals surface area contributed by atoms with Crippen molar-refractivity contribution in [2.24, 2.45) is 5.73 Å². The van der Waals surface area contributed by atoms with E-state index in [2.05, 4.69) is 0 Å². The zero-order chi connectivity index (χ0) is 13.8. The molecule has 4 heteroatoms. The number of rotatable bonds is 5. The fourth-order valence-corrected chi connectivity index (χ4v) is 2.33. The van der Waals surface area contributed by atoms with E-state index in [0.717, 1.165) is 17.5 Å². The van der Waals surface area contributed by atoms with Crippen LogP contribution in [-0.2, 0) is 18.0 Å². The first-order valence-corrected chi connectivity index (χ1v) is 6.84. The van der Waals surface area contributed by atoms with Crippen LogP contribution in [0.1, 0.15) is 41.8 Å². The summed E-state index contributed by atoms with van der Waals surface area (Å²) in [6.07, 6.45) is 0.831. The van der Waals surface area contributed by atoms with Gasteiger partial charge in [-0.25, -0.2) is 0 Å². The van der Waals surface area contributed by atoms with Crippen molar-refractivity contribution in [3.63, 3.8) is 0 Å². The fraction of sp³-hybridized carbons (Fsp3) is 0.533. The normalized spacial score (nSPS) is 13.7. The van der Waals surface area contributed by atoms with Crippen LogP contribution in [0.15, 0.2) is 18.2 Å². The van der Waals surface area contributed by atoms with E-state index in [1.54, 1.807) is 0 Å². The summed E-state index contributed by atoms with van der Waals surface area (Å²) >= 11 is 0. The maximum atomic E-state index is 12.5. The van der Waals surface area contributed by atoms with Crippen LogP contribution in [0.5, 0.6) is 0 Å². The van der Waals surface area contributed by atoms with Gasteiger partial charge in [-0.3, -0.25) is 4.79 Å². The Bertz CT molecular complexity index is 457. The first-order valence-electron chi connectivity index (χ1n) is 6.84. The molecule has 0 aromatic heterocycles. The molecule has 0 atom stereocenters. The van der Waals surface area contributed by atoms with E-state index in [-0.39, 0.29) is 11.9 Å². The smallest absolute Gasteiger partial charge is 0.254 e. The average molecular weight is 262 g/mol. The lowest BCUT2D eigenvalue weighted by Crippen LogP contribution is -2.38. The summed E-state index contributed by atoms with van der Waals surface area (Å²) < 4.78 is 5.38. The number of carbonyl (C=O) groups is 1. The zero-order valence-corrected chi connectivity index (χ0v) is 11.7. The Morgan fingerprint density at radius 1 is 1.37 bits per heavy atom. The van der Waals surface area contributed by atoms with Gasteiger partial charge in [-0.1, -0.05) is 6.07 Å². The Hall–Kier alpha value is -1.39. The Morgan fingerprint density at radius 2 is 2.11 bits per heavy atom. The number of fused-ring (bicyclic) bond motifs is 1. The Labute approximate surface area is 114 Å². The van der Waals surface area contributed by atoms with Gasteiger partial charge in [0, 0.05) is 18.2 Å². The summed E-state index contributed by atoms with van der Waals surface area (Å²) in [5.41, 5.74) is 8.60. The van der Waals surface area contributed by atoms with E-state index < -0.39 is 0 Å². The van der Waals surface area contributed by atoms with Crippen LogP contribution in [0.2, 0.25) is 0 Å². The van der Waals surface area contributed by atoms with Crippen LogP contribution in [0.25, 0.3) is 0 Å². The quantitative estimate of drug-likeness (QED) is 0.882. The van der Waals surface area contributed by atoms with Crippen molar-refractivity contribution in [2.45, 2.75) is 39.5 Å². The molecule has 4 nitrogen and oxygen atoms in total. The minimum atomic E-state index is 0.0816.